The van der Waals surface area contributed by atoms with E-state index in [2.05, 4.69) is 180 Å². The van der Waals surface area contributed by atoms with Gasteiger partial charge in [0.15, 0.2) is 0 Å². The summed E-state index contributed by atoms with van der Waals surface area (Å²) >= 11 is 1.88. The predicted octanol–water partition coefficient (Wildman–Crippen LogP) is 13.9. The van der Waals surface area contributed by atoms with Gasteiger partial charge in [0.05, 0.1) is 27.1 Å². The SMILES string of the molecule is C#CCCc1c(C)cccc1-c1ccc2c(c1)c1ccn(-c3cccc4ccc5ccccc5c34)c1c1ccn(-c3cccc4c3sc3ccccc34)c21. The van der Waals surface area contributed by atoms with Crippen LogP contribution in [0, 0.1) is 19.3 Å². The number of thiophene rings is 1. The monoisotopic (exact) mass is 706 g/mol. The lowest BCUT2D eigenvalue weighted by Gasteiger charge is -2.16. The lowest BCUT2D eigenvalue weighted by Crippen LogP contribution is -1.97. The fourth-order valence-corrected chi connectivity index (χ4v) is 10.2. The van der Waals surface area contributed by atoms with Crippen LogP contribution in [0.1, 0.15) is 17.5 Å². The van der Waals surface area contributed by atoms with E-state index < -0.39 is 0 Å². The average Bonchev–Trinajstić information content (AvgIpc) is 3.96. The molecule has 0 bridgehead atoms. The van der Waals surface area contributed by atoms with Gasteiger partial charge in [0.2, 0.25) is 0 Å². The van der Waals surface area contributed by atoms with Gasteiger partial charge in [-0.3, -0.25) is 0 Å². The van der Waals surface area contributed by atoms with Gasteiger partial charge >= 0.3 is 0 Å². The van der Waals surface area contributed by atoms with Gasteiger partial charge in [-0.1, -0.05) is 109 Å². The molecular weight excluding hydrogens is 673 g/mol. The van der Waals surface area contributed by atoms with E-state index in [1.807, 2.05) is 11.3 Å². The highest BCUT2D eigenvalue weighted by atomic mass is 32.1. The van der Waals surface area contributed by atoms with E-state index in [4.69, 9.17) is 6.42 Å². The van der Waals surface area contributed by atoms with Crippen molar-refractivity contribution in [1.29, 1.82) is 0 Å². The second kappa shape index (κ2) is 12.0. The zero-order valence-corrected chi connectivity index (χ0v) is 30.6. The molecule has 54 heavy (non-hydrogen) atoms. The molecule has 11 rings (SSSR count). The van der Waals surface area contributed by atoms with E-state index in [1.165, 1.54) is 108 Å². The Balaban J connectivity index is 1.26. The number of hydrogen-bond donors (Lipinski definition) is 0. The van der Waals surface area contributed by atoms with E-state index in [9.17, 15) is 0 Å². The molecule has 0 spiro atoms. The molecule has 0 aliphatic heterocycles. The summed E-state index contributed by atoms with van der Waals surface area (Å²) < 4.78 is 7.49. The van der Waals surface area contributed by atoms with Crippen LogP contribution in [0.3, 0.4) is 0 Å². The van der Waals surface area contributed by atoms with Gasteiger partial charge in [-0.05, 0) is 93.5 Å². The van der Waals surface area contributed by atoms with Crippen LogP contribution >= 0.6 is 11.3 Å². The van der Waals surface area contributed by atoms with Crippen molar-refractivity contribution in [2.24, 2.45) is 0 Å². The topological polar surface area (TPSA) is 9.86 Å². The van der Waals surface area contributed by atoms with Gasteiger partial charge in [-0.25, -0.2) is 0 Å². The van der Waals surface area contributed by atoms with Crippen LogP contribution < -0.4 is 0 Å². The molecule has 0 aliphatic carbocycles. The minimum absolute atomic E-state index is 0.718. The third-order valence-electron chi connectivity index (χ3n) is 11.5. The number of aryl methyl sites for hydroxylation is 1. The normalized spacial score (nSPS) is 11.9. The molecule has 0 aliphatic rings. The Morgan fingerprint density at radius 1 is 0.556 bits per heavy atom. The molecule has 11 aromatic rings. The Kier molecular flexibility index (Phi) is 6.86. The Morgan fingerprint density at radius 3 is 2.13 bits per heavy atom. The van der Waals surface area contributed by atoms with Crippen LogP contribution in [0.5, 0.6) is 0 Å². The van der Waals surface area contributed by atoms with Crippen molar-refractivity contribution < 1.29 is 0 Å². The molecule has 0 amide bonds. The molecule has 0 fully saturated rings. The molecule has 0 saturated carbocycles. The fourth-order valence-electron chi connectivity index (χ4n) is 9.03. The zero-order valence-electron chi connectivity index (χ0n) is 29.8. The van der Waals surface area contributed by atoms with Gasteiger partial charge < -0.3 is 9.13 Å². The van der Waals surface area contributed by atoms with Crippen molar-refractivity contribution in [2.75, 3.05) is 0 Å². The smallest absolute Gasteiger partial charge is 0.0634 e. The van der Waals surface area contributed by atoms with Crippen molar-refractivity contribution in [3.63, 3.8) is 0 Å². The van der Waals surface area contributed by atoms with Crippen LogP contribution in [0.4, 0.5) is 0 Å². The minimum Gasteiger partial charge on any atom is -0.315 e. The minimum atomic E-state index is 0.718. The molecule has 3 aromatic heterocycles. The molecule has 0 atom stereocenters. The highest BCUT2D eigenvalue weighted by Gasteiger charge is 2.21. The predicted molar refractivity (Wildman–Crippen MR) is 233 cm³/mol. The molecule has 3 heteroatoms. The summed E-state index contributed by atoms with van der Waals surface area (Å²) in [6.45, 7) is 2.20. The average molecular weight is 707 g/mol. The maximum atomic E-state index is 5.77. The molecule has 3 heterocycles. The first-order valence-corrected chi connectivity index (χ1v) is 19.4. The molecule has 2 nitrogen and oxygen atoms in total. The van der Waals surface area contributed by atoms with Crippen LogP contribution in [-0.2, 0) is 6.42 Å². The van der Waals surface area contributed by atoms with E-state index >= 15 is 0 Å². The standard InChI is InChI=1S/C51H34N2S/c1-3-4-15-36-32(2)12-9-18-37(36)35-25-26-40-44(31-35)41-27-29-52(45-20-10-14-34-24-23-33-13-5-6-16-38(33)48(34)45)50(41)43-28-30-53(49(40)43)46-21-11-19-42-39-17-7-8-22-47(39)54-51(42)46/h1,5-14,16-31H,4,15H2,2H3. The van der Waals surface area contributed by atoms with Crippen LogP contribution in [0.2, 0.25) is 0 Å². The molecule has 0 N–H and O–H groups in total. The number of aromatic nitrogens is 2. The summed E-state index contributed by atoms with van der Waals surface area (Å²) in [4.78, 5) is 0. The Bertz CT molecular complexity index is 3360. The fraction of sp³-hybridized carbons (Fsp3) is 0.0588. The molecule has 254 valence electrons. The van der Waals surface area contributed by atoms with Crippen LogP contribution in [0.25, 0.3) is 96.8 Å². The maximum Gasteiger partial charge on any atom is 0.0634 e. The summed E-state index contributed by atoms with van der Waals surface area (Å²) in [5.41, 5.74) is 9.90. The Labute approximate surface area is 317 Å². The number of nitrogens with zero attached hydrogens (tertiary/aromatic N) is 2. The van der Waals surface area contributed by atoms with Gasteiger partial charge in [-0.2, -0.15) is 0 Å². The summed E-state index contributed by atoms with van der Waals surface area (Å²) in [5.74, 6) is 2.87. The molecule has 8 aromatic carbocycles. The summed E-state index contributed by atoms with van der Waals surface area (Å²) in [6, 6.07) is 53.8. The third kappa shape index (κ3) is 4.48. The quantitative estimate of drug-likeness (QED) is 0.125. The lowest BCUT2D eigenvalue weighted by atomic mass is 9.91. The number of benzene rings is 8. The van der Waals surface area contributed by atoms with E-state index in [0.717, 1.165) is 12.8 Å². The number of terminal acetylenes is 1. The van der Waals surface area contributed by atoms with Gasteiger partial charge in [0.25, 0.3) is 0 Å². The first kappa shape index (κ1) is 31.0. The van der Waals surface area contributed by atoms with E-state index in [1.54, 1.807) is 0 Å². The second-order valence-electron chi connectivity index (χ2n) is 14.4. The lowest BCUT2D eigenvalue weighted by molar-refractivity contribution is 1.01. The second-order valence-corrected chi connectivity index (χ2v) is 15.4. The highest BCUT2D eigenvalue weighted by Crippen LogP contribution is 2.44. The summed E-state index contributed by atoms with van der Waals surface area (Å²) in [6.07, 6.45) is 11.9. The molecule has 0 unspecified atom stereocenters. The van der Waals surface area contributed by atoms with Gasteiger partial charge in [-0.15, -0.1) is 23.7 Å². The summed E-state index contributed by atoms with van der Waals surface area (Å²) in [5, 5.41) is 12.6. The Hall–Kier alpha value is -6.60. The summed E-state index contributed by atoms with van der Waals surface area (Å²) in [7, 11) is 0. The van der Waals surface area contributed by atoms with Gasteiger partial charge in [0, 0.05) is 55.8 Å². The van der Waals surface area contributed by atoms with Crippen LogP contribution in [0.15, 0.2) is 158 Å². The van der Waals surface area contributed by atoms with Gasteiger partial charge in [0.1, 0.15) is 0 Å². The van der Waals surface area contributed by atoms with Crippen molar-refractivity contribution in [3.05, 3.63) is 169 Å². The largest absolute Gasteiger partial charge is 0.315 e. The first-order valence-electron chi connectivity index (χ1n) is 18.6. The highest BCUT2D eigenvalue weighted by molar-refractivity contribution is 7.26. The van der Waals surface area contributed by atoms with Crippen molar-refractivity contribution in [1.82, 2.24) is 9.13 Å². The molecular formula is C51H34N2S. The van der Waals surface area contributed by atoms with E-state index in [-0.39, 0.29) is 0 Å². The van der Waals surface area contributed by atoms with Crippen LogP contribution in [-0.4, -0.2) is 9.13 Å². The van der Waals surface area contributed by atoms with E-state index in [0.29, 0.717) is 0 Å². The molecule has 0 saturated heterocycles. The molecule has 0 radical (unpaired) electrons. The Morgan fingerprint density at radius 2 is 1.24 bits per heavy atom. The van der Waals surface area contributed by atoms with Crippen molar-refractivity contribution in [3.8, 4) is 34.8 Å². The number of fused-ring (bicyclic) bond motifs is 12. The third-order valence-corrected chi connectivity index (χ3v) is 12.7. The zero-order chi connectivity index (χ0) is 35.9. The number of hydrogen-bond acceptors (Lipinski definition) is 1. The van der Waals surface area contributed by atoms with Crippen molar-refractivity contribution >= 4 is 85.6 Å². The maximum absolute atomic E-state index is 5.77. The number of rotatable bonds is 5. The van der Waals surface area contributed by atoms with Crippen molar-refractivity contribution in [2.45, 2.75) is 19.8 Å². The first-order chi connectivity index (χ1) is 26.7.